The predicted molar refractivity (Wildman–Crippen MR) is 444 cm³/mol. The molecule has 0 aliphatic carbocycles. The Balaban J connectivity index is 3.82. The number of ether oxygens (including phenoxy) is 2. The number of carbonyl (C=O) groups is 2. The molecule has 0 N–H and O–H groups in total. The van der Waals surface area contributed by atoms with E-state index in [-0.39, 0.29) is 32.0 Å². The largest absolute Gasteiger partial charge is 0.756 e. The lowest BCUT2D eigenvalue weighted by Crippen LogP contribution is -2.37. The van der Waals surface area contributed by atoms with E-state index in [0.29, 0.717) is 17.4 Å². The van der Waals surface area contributed by atoms with E-state index in [1.54, 1.807) is 0 Å². The molecule has 0 aromatic rings. The fraction of sp³-hybridized carbons (Fsp3) is 0.913. The molecule has 0 aliphatic rings. The molecule has 9 nitrogen and oxygen atoms in total. The van der Waals surface area contributed by atoms with Gasteiger partial charge in [-0.15, -0.1) is 0 Å². The summed E-state index contributed by atoms with van der Waals surface area (Å²) < 4.78 is 34.5. The summed E-state index contributed by atoms with van der Waals surface area (Å²) >= 11 is 0. The van der Waals surface area contributed by atoms with Gasteiger partial charge in [-0.3, -0.25) is 14.2 Å². The number of phosphoric acid groups is 1. The van der Waals surface area contributed by atoms with E-state index in [1.807, 2.05) is 21.1 Å². The van der Waals surface area contributed by atoms with Crippen molar-refractivity contribution in [2.45, 2.75) is 495 Å². The molecule has 2 atom stereocenters. The fourth-order valence-corrected chi connectivity index (χ4v) is 14.9. The molecule has 0 rings (SSSR count). The van der Waals surface area contributed by atoms with Gasteiger partial charge in [0.15, 0.2) is 6.10 Å². The van der Waals surface area contributed by atoms with Crippen molar-refractivity contribution in [3.05, 3.63) is 36.5 Å². The maximum Gasteiger partial charge on any atom is 0.306 e. The highest BCUT2D eigenvalue weighted by atomic mass is 31.2. The lowest BCUT2D eigenvalue weighted by atomic mass is 10.0. The van der Waals surface area contributed by atoms with Crippen molar-refractivity contribution in [2.24, 2.45) is 0 Å². The van der Waals surface area contributed by atoms with Crippen molar-refractivity contribution >= 4 is 19.8 Å². The average Bonchev–Trinajstić information content (AvgIpc) is 0.913. The van der Waals surface area contributed by atoms with Gasteiger partial charge in [-0.2, -0.15) is 0 Å². The summed E-state index contributed by atoms with van der Waals surface area (Å²) in [6, 6.07) is 0. The van der Waals surface area contributed by atoms with Crippen LogP contribution >= 0.6 is 7.82 Å². The monoisotopic (exact) mass is 1460 g/mol. The van der Waals surface area contributed by atoms with Gasteiger partial charge >= 0.3 is 11.9 Å². The molecule has 0 spiro atoms. The molecule has 0 amide bonds. The second-order valence-corrected chi connectivity index (χ2v) is 34.1. The Morgan fingerprint density at radius 1 is 0.304 bits per heavy atom. The molecular weight excluding hydrogens is 1280 g/mol. The van der Waals surface area contributed by atoms with Gasteiger partial charge in [-0.1, -0.05) is 442 Å². The van der Waals surface area contributed by atoms with E-state index in [2.05, 4.69) is 50.3 Å². The van der Waals surface area contributed by atoms with Gasteiger partial charge in [0.05, 0.1) is 27.7 Å². The number of allylic oxidation sites excluding steroid dienone is 6. The van der Waals surface area contributed by atoms with Gasteiger partial charge in [0.1, 0.15) is 19.8 Å². The minimum absolute atomic E-state index is 0.0265. The van der Waals surface area contributed by atoms with E-state index < -0.39 is 26.5 Å². The maximum atomic E-state index is 12.9. The van der Waals surface area contributed by atoms with Crippen LogP contribution in [0.2, 0.25) is 0 Å². The van der Waals surface area contributed by atoms with Crippen molar-refractivity contribution in [1.29, 1.82) is 0 Å². The Kier molecular flexibility index (Phi) is 81.8. The number of quaternary nitrogens is 1. The summed E-state index contributed by atoms with van der Waals surface area (Å²) in [7, 11) is 1.20. The average molecular weight is 1460 g/mol. The van der Waals surface area contributed by atoms with Crippen LogP contribution in [0.1, 0.15) is 489 Å². The van der Waals surface area contributed by atoms with E-state index in [9.17, 15) is 19.0 Å². The SMILES string of the molecule is CCCCCCC/C=C\C/C=C\CCCCCCCCCCCCCCCCCCCCCCCCCCCC(=O)OC(COC(=O)CCCCCCCCCCCCCCCCCCCCCCCCCCCCCCC/C=C\CCCCCCCCCC)COP(=O)([O-])OCC[N+](C)(C)C. The van der Waals surface area contributed by atoms with E-state index in [1.165, 1.54) is 417 Å². The van der Waals surface area contributed by atoms with Crippen molar-refractivity contribution in [3.63, 3.8) is 0 Å². The van der Waals surface area contributed by atoms with Crippen LogP contribution in [0.3, 0.4) is 0 Å². The molecular formula is C92H178NO8P. The first-order valence-electron chi connectivity index (χ1n) is 45.7. The number of esters is 2. The van der Waals surface area contributed by atoms with Crippen LogP contribution in [-0.2, 0) is 32.7 Å². The van der Waals surface area contributed by atoms with Gasteiger partial charge in [0, 0.05) is 12.8 Å². The first-order valence-corrected chi connectivity index (χ1v) is 47.2. The summed E-state index contributed by atoms with van der Waals surface area (Å²) in [5.41, 5.74) is 0. The Labute approximate surface area is 637 Å². The molecule has 0 heterocycles. The summed E-state index contributed by atoms with van der Waals surface area (Å²) in [6.45, 7) is 4.32. The Bertz CT molecular complexity index is 1810. The number of unbranched alkanes of at least 4 members (excludes halogenated alkanes) is 67. The van der Waals surface area contributed by atoms with Crippen molar-refractivity contribution in [1.82, 2.24) is 0 Å². The predicted octanol–water partition coefficient (Wildman–Crippen LogP) is 30.2. The molecule has 0 saturated carbocycles. The zero-order valence-corrected chi connectivity index (χ0v) is 70.3. The third-order valence-corrected chi connectivity index (χ3v) is 22.1. The lowest BCUT2D eigenvalue weighted by molar-refractivity contribution is -0.870. The van der Waals surface area contributed by atoms with Crippen molar-refractivity contribution < 1.29 is 42.1 Å². The topological polar surface area (TPSA) is 111 Å². The lowest BCUT2D eigenvalue weighted by Gasteiger charge is -2.28. The van der Waals surface area contributed by atoms with E-state index in [4.69, 9.17) is 18.5 Å². The number of hydrogen-bond donors (Lipinski definition) is 0. The standard InChI is InChI=1S/C92H178NO8P/c1-6-8-10-12-14-16-18-20-22-24-26-28-30-32-34-36-38-40-42-44-45-46-47-49-50-52-54-56-58-60-62-64-66-68-70-72-74-76-78-80-82-84-91(94)98-88-90(89-100-102(96,97)99-87-86-93(3,4)5)101-92(95)85-83-81-79-77-75-73-71-69-67-65-63-61-59-57-55-53-51-48-43-41-39-37-35-33-31-29-27-25-23-21-19-17-15-13-11-9-7-2/h19,21,24-27,90H,6-18,20,22-23,28-89H2,1-5H3/b21-19-,26-24-,27-25-. The summed E-state index contributed by atoms with van der Waals surface area (Å²) in [4.78, 5) is 38.3. The fourth-order valence-electron chi connectivity index (χ4n) is 14.2. The molecule has 0 bridgehead atoms. The van der Waals surface area contributed by atoms with Crippen LogP contribution < -0.4 is 4.89 Å². The number of phosphoric ester groups is 1. The van der Waals surface area contributed by atoms with Crippen LogP contribution in [0, 0.1) is 0 Å². The maximum absolute atomic E-state index is 12.9. The molecule has 2 unspecified atom stereocenters. The van der Waals surface area contributed by atoms with Crippen LogP contribution in [0.4, 0.5) is 0 Å². The molecule has 10 heteroatoms. The van der Waals surface area contributed by atoms with Crippen LogP contribution in [-0.4, -0.2) is 70.0 Å². The molecule has 0 saturated heterocycles. The van der Waals surface area contributed by atoms with Crippen molar-refractivity contribution in [3.8, 4) is 0 Å². The number of nitrogens with zero attached hydrogens (tertiary/aromatic N) is 1. The van der Waals surface area contributed by atoms with Crippen molar-refractivity contribution in [2.75, 3.05) is 47.5 Å². The molecule has 0 aromatic heterocycles. The summed E-state index contributed by atoms with van der Waals surface area (Å²) in [5, 5.41) is 0. The number of hydrogen-bond acceptors (Lipinski definition) is 8. The molecule has 604 valence electrons. The zero-order chi connectivity index (χ0) is 74.0. The van der Waals surface area contributed by atoms with Gasteiger partial charge < -0.3 is 27.9 Å². The second-order valence-electron chi connectivity index (χ2n) is 32.7. The summed E-state index contributed by atoms with van der Waals surface area (Å²) in [5.74, 6) is -0.802. The van der Waals surface area contributed by atoms with Gasteiger partial charge in [0.25, 0.3) is 7.82 Å². The molecule has 0 aliphatic heterocycles. The highest BCUT2D eigenvalue weighted by molar-refractivity contribution is 7.45. The molecule has 0 aromatic carbocycles. The highest BCUT2D eigenvalue weighted by Gasteiger charge is 2.22. The van der Waals surface area contributed by atoms with E-state index in [0.717, 1.165) is 38.5 Å². The van der Waals surface area contributed by atoms with E-state index >= 15 is 0 Å². The minimum Gasteiger partial charge on any atom is -0.756 e. The minimum atomic E-state index is -4.64. The number of carbonyl (C=O) groups excluding carboxylic acids is 2. The normalized spacial score (nSPS) is 13.0. The Hall–Kier alpha value is -1.77. The van der Waals surface area contributed by atoms with Gasteiger partial charge in [-0.25, -0.2) is 0 Å². The molecule has 102 heavy (non-hydrogen) atoms. The second kappa shape index (κ2) is 83.3. The van der Waals surface area contributed by atoms with Gasteiger partial charge in [0.2, 0.25) is 0 Å². The van der Waals surface area contributed by atoms with Crippen LogP contribution in [0.15, 0.2) is 36.5 Å². The number of likely N-dealkylation sites (N-methyl/N-ethyl adjacent to an activating group) is 1. The highest BCUT2D eigenvalue weighted by Crippen LogP contribution is 2.38. The van der Waals surface area contributed by atoms with Crippen LogP contribution in [0.5, 0.6) is 0 Å². The molecule has 0 radical (unpaired) electrons. The third kappa shape index (κ3) is 87.1. The van der Waals surface area contributed by atoms with Gasteiger partial charge in [-0.05, 0) is 70.6 Å². The first-order chi connectivity index (χ1) is 50.0. The zero-order valence-electron chi connectivity index (χ0n) is 69.4. The Morgan fingerprint density at radius 2 is 0.529 bits per heavy atom. The quantitative estimate of drug-likeness (QED) is 0.0195. The molecule has 0 fully saturated rings. The van der Waals surface area contributed by atoms with Crippen LogP contribution in [0.25, 0.3) is 0 Å². The Morgan fingerprint density at radius 3 is 0.784 bits per heavy atom. The first kappa shape index (κ1) is 100. The smallest absolute Gasteiger partial charge is 0.306 e. The number of rotatable bonds is 87. The third-order valence-electron chi connectivity index (χ3n) is 21.1. The summed E-state index contributed by atoms with van der Waals surface area (Å²) in [6.07, 6.45) is 110.